The Bertz CT molecular complexity index is 152. The summed E-state index contributed by atoms with van der Waals surface area (Å²) in [4.78, 5) is 16.2. The van der Waals surface area contributed by atoms with Gasteiger partial charge < -0.3 is 9.79 Å². The molecule has 0 bridgehead atoms. The van der Waals surface area contributed by atoms with E-state index >= 15 is 0 Å². The molecule has 0 rings (SSSR count). The van der Waals surface area contributed by atoms with E-state index in [2.05, 4.69) is 4.52 Å². The van der Waals surface area contributed by atoms with Crippen LogP contribution in [0.3, 0.4) is 0 Å². The zero-order chi connectivity index (χ0) is 8.41. The zero-order valence-corrected chi connectivity index (χ0v) is 7.66. The first kappa shape index (κ1) is 15.5. The monoisotopic (exact) mass is 252 g/mol. The summed E-state index contributed by atoms with van der Waals surface area (Å²) in [7, 11) is -4.52. The maximum atomic E-state index is 9.97. The van der Waals surface area contributed by atoms with Crippen molar-refractivity contribution in [1.82, 2.24) is 0 Å². The van der Waals surface area contributed by atoms with E-state index in [0.717, 1.165) is 0 Å². The molecule has 0 amide bonds. The van der Waals surface area contributed by atoms with Crippen molar-refractivity contribution in [3.63, 3.8) is 0 Å². The molecule has 0 fully saturated rings. The van der Waals surface area contributed by atoms with Crippen LogP contribution in [0.4, 0.5) is 0 Å². The van der Waals surface area contributed by atoms with Gasteiger partial charge in [-0.25, -0.2) is 4.57 Å². The van der Waals surface area contributed by atoms with Crippen molar-refractivity contribution in [2.24, 2.45) is 0 Å². The number of hydrogen-bond acceptors (Lipinski definition) is 2. The molecular formula is C2H5Cl3NaO4P. The second kappa shape index (κ2) is 5.66. The molecule has 0 aliphatic heterocycles. The fraction of sp³-hybridized carbons (Fsp3) is 1.00. The van der Waals surface area contributed by atoms with Crippen molar-refractivity contribution in [2.75, 3.05) is 6.61 Å². The molecule has 0 aromatic carbocycles. The van der Waals surface area contributed by atoms with Gasteiger partial charge in [-0.15, -0.1) is 0 Å². The van der Waals surface area contributed by atoms with E-state index in [0.29, 0.717) is 0 Å². The first-order valence-electron chi connectivity index (χ1n) is 1.97. The Balaban J connectivity index is 0. The van der Waals surface area contributed by atoms with Gasteiger partial charge in [0.1, 0.15) is 6.61 Å². The van der Waals surface area contributed by atoms with Crippen LogP contribution < -0.4 is 0 Å². The van der Waals surface area contributed by atoms with Crippen LogP contribution in [-0.2, 0) is 9.09 Å². The van der Waals surface area contributed by atoms with E-state index in [-0.39, 0.29) is 29.6 Å². The van der Waals surface area contributed by atoms with Crippen LogP contribution in [0.2, 0.25) is 0 Å². The third-order valence-corrected chi connectivity index (χ3v) is 1.19. The van der Waals surface area contributed by atoms with Gasteiger partial charge in [-0.1, -0.05) is 34.8 Å². The maximum absolute atomic E-state index is 9.97. The number of phosphoric ester groups is 1. The number of hydrogen-bond donors (Lipinski definition) is 2. The van der Waals surface area contributed by atoms with Gasteiger partial charge in [-0.05, 0) is 0 Å². The number of rotatable bonds is 2. The Morgan fingerprint density at radius 2 is 1.73 bits per heavy atom. The van der Waals surface area contributed by atoms with Crippen molar-refractivity contribution in [2.45, 2.75) is 3.79 Å². The fourth-order valence-electron chi connectivity index (χ4n) is 0.157. The van der Waals surface area contributed by atoms with E-state index in [1.54, 1.807) is 0 Å². The van der Waals surface area contributed by atoms with Crippen LogP contribution in [0.25, 0.3) is 0 Å². The summed E-state index contributed by atoms with van der Waals surface area (Å²) >= 11 is 15.3. The minimum absolute atomic E-state index is 0. The third-order valence-electron chi connectivity index (χ3n) is 0.396. The van der Waals surface area contributed by atoms with Crippen LogP contribution >= 0.6 is 42.6 Å². The van der Waals surface area contributed by atoms with Crippen LogP contribution in [0.15, 0.2) is 0 Å². The van der Waals surface area contributed by atoms with Crippen molar-refractivity contribution in [1.29, 1.82) is 0 Å². The molecule has 0 spiro atoms. The molecule has 64 valence electrons. The number of halogens is 3. The predicted molar refractivity (Wildman–Crippen MR) is 45.4 cm³/mol. The van der Waals surface area contributed by atoms with Gasteiger partial charge in [0, 0.05) is 0 Å². The topological polar surface area (TPSA) is 66.8 Å². The van der Waals surface area contributed by atoms with E-state index in [1.807, 2.05) is 0 Å². The van der Waals surface area contributed by atoms with Gasteiger partial charge in [-0.3, -0.25) is 4.52 Å². The molecule has 0 heterocycles. The summed E-state index contributed by atoms with van der Waals surface area (Å²) < 4.78 is 12.0. The Morgan fingerprint density at radius 3 is 1.82 bits per heavy atom. The predicted octanol–water partition coefficient (Wildman–Crippen LogP) is 0.817. The summed E-state index contributed by atoms with van der Waals surface area (Å²) in [6, 6.07) is 0. The molecule has 0 aliphatic rings. The molecule has 0 aromatic rings. The average Bonchev–Trinajstić information content (AvgIpc) is 1.57. The Kier molecular flexibility index (Phi) is 7.95. The van der Waals surface area contributed by atoms with E-state index in [9.17, 15) is 4.57 Å². The fourth-order valence-corrected chi connectivity index (χ4v) is 0.911. The van der Waals surface area contributed by atoms with Crippen molar-refractivity contribution >= 4 is 72.2 Å². The van der Waals surface area contributed by atoms with Crippen molar-refractivity contribution in [3.05, 3.63) is 0 Å². The quantitative estimate of drug-likeness (QED) is 0.434. The third kappa shape index (κ3) is 14.8. The van der Waals surface area contributed by atoms with E-state index in [4.69, 9.17) is 44.6 Å². The van der Waals surface area contributed by atoms with E-state index in [1.165, 1.54) is 0 Å². The molecule has 0 aromatic heterocycles. The minimum atomic E-state index is -4.52. The van der Waals surface area contributed by atoms with Crippen LogP contribution in [0.5, 0.6) is 0 Å². The van der Waals surface area contributed by atoms with Crippen LogP contribution in [0.1, 0.15) is 0 Å². The molecule has 4 nitrogen and oxygen atoms in total. The molecule has 2 N–H and O–H groups in total. The van der Waals surface area contributed by atoms with E-state index < -0.39 is 18.2 Å². The van der Waals surface area contributed by atoms with Gasteiger partial charge in [0.2, 0.25) is 3.79 Å². The number of alkyl halides is 3. The summed E-state index contributed by atoms with van der Waals surface area (Å²) in [6.45, 7) is -0.637. The second-order valence-corrected chi connectivity index (χ2v) is 5.13. The Labute approximate surface area is 101 Å². The zero-order valence-electron chi connectivity index (χ0n) is 4.50. The molecule has 0 saturated heterocycles. The normalized spacial score (nSPS) is 12.5. The van der Waals surface area contributed by atoms with Gasteiger partial charge >= 0.3 is 37.4 Å². The Hall–Kier alpha value is 1.98. The summed E-state index contributed by atoms with van der Waals surface area (Å²) in [5.41, 5.74) is 0. The molecule has 11 heavy (non-hydrogen) atoms. The first-order valence-corrected chi connectivity index (χ1v) is 4.64. The average molecular weight is 253 g/mol. The SMILES string of the molecule is O=P(O)(O)OCC(Cl)(Cl)Cl.[NaH]. The molecule has 0 atom stereocenters. The molecule has 0 saturated carbocycles. The standard InChI is InChI=1S/C2H4Cl3O4P.Na.H/c3-2(4,5)1-9-10(6,7)8;;/h1H2,(H2,6,7,8);;. The first-order chi connectivity index (χ1) is 4.21. The second-order valence-electron chi connectivity index (χ2n) is 1.38. The molecule has 0 aliphatic carbocycles. The van der Waals surface area contributed by atoms with Gasteiger partial charge in [0.25, 0.3) is 0 Å². The summed E-state index contributed by atoms with van der Waals surface area (Å²) in [6.07, 6.45) is 0. The molecule has 9 heteroatoms. The van der Waals surface area contributed by atoms with Gasteiger partial charge in [0.15, 0.2) is 0 Å². The van der Waals surface area contributed by atoms with Crippen LogP contribution in [-0.4, -0.2) is 49.7 Å². The van der Waals surface area contributed by atoms with Crippen LogP contribution in [0, 0.1) is 0 Å². The molecule has 0 unspecified atom stereocenters. The van der Waals surface area contributed by atoms with Crippen molar-refractivity contribution in [3.8, 4) is 0 Å². The summed E-state index contributed by atoms with van der Waals surface area (Å²) in [5.74, 6) is 0. The molecular weight excluding hydrogens is 248 g/mol. The van der Waals surface area contributed by atoms with Gasteiger partial charge in [-0.2, -0.15) is 0 Å². The molecule has 0 radical (unpaired) electrons. The van der Waals surface area contributed by atoms with Gasteiger partial charge in [0.05, 0.1) is 0 Å². The van der Waals surface area contributed by atoms with Crippen molar-refractivity contribution < 1.29 is 18.9 Å². The summed E-state index contributed by atoms with van der Waals surface area (Å²) in [5, 5.41) is 0. The Morgan fingerprint density at radius 1 is 1.36 bits per heavy atom. The number of phosphoric acid groups is 1.